The third-order valence-electron chi connectivity index (χ3n) is 6.17. The molecule has 5 rings (SSSR count). The van der Waals surface area contributed by atoms with Gasteiger partial charge in [-0.15, -0.1) is 0 Å². The average molecular weight is 443 g/mol. The Morgan fingerprint density at radius 3 is 2.61 bits per heavy atom. The third-order valence-corrected chi connectivity index (χ3v) is 6.17. The minimum Gasteiger partial charge on any atom is -0.497 e. The molecule has 4 heterocycles. The number of aryl methyl sites for hydroxylation is 1. The predicted molar refractivity (Wildman–Crippen MR) is 125 cm³/mol. The van der Waals surface area contributed by atoms with Crippen molar-refractivity contribution in [2.24, 2.45) is 0 Å². The highest BCUT2D eigenvalue weighted by atomic mass is 16.5. The summed E-state index contributed by atoms with van der Waals surface area (Å²) in [7, 11) is 3.74. The topological polar surface area (TPSA) is 75.9 Å². The lowest BCUT2D eigenvalue weighted by Crippen LogP contribution is -2.49. The molecule has 1 aliphatic rings. The SMILES string of the molecule is COc1ccc(-c2cccc3nc(C4CN(C(=O)c5cnc(C)cn5)CCN4C)cn23)cc1. The van der Waals surface area contributed by atoms with E-state index in [4.69, 9.17) is 9.72 Å². The fraction of sp³-hybridized carbons (Fsp3) is 0.280. The molecule has 0 saturated carbocycles. The highest BCUT2D eigenvalue weighted by Gasteiger charge is 2.31. The van der Waals surface area contributed by atoms with E-state index >= 15 is 0 Å². The van der Waals surface area contributed by atoms with Crippen LogP contribution in [0.3, 0.4) is 0 Å². The summed E-state index contributed by atoms with van der Waals surface area (Å²) in [6, 6.07) is 14.1. The number of pyridine rings is 1. The molecule has 1 aliphatic heterocycles. The molecular formula is C25H26N6O2. The van der Waals surface area contributed by atoms with Gasteiger partial charge in [-0.25, -0.2) is 9.97 Å². The van der Waals surface area contributed by atoms with Crippen molar-refractivity contribution < 1.29 is 9.53 Å². The standard InChI is InChI=1S/C25H26N6O2/c1-17-13-27-20(14-26-17)25(32)30-12-11-29(2)23(16-30)21-15-31-22(5-4-6-24(31)28-21)18-7-9-19(33-3)10-8-18/h4-10,13-15,23H,11-12,16H2,1-3H3. The van der Waals surface area contributed by atoms with Gasteiger partial charge in [0.2, 0.25) is 0 Å². The van der Waals surface area contributed by atoms with Crippen LogP contribution >= 0.6 is 0 Å². The first-order valence-corrected chi connectivity index (χ1v) is 10.9. The number of hydrogen-bond acceptors (Lipinski definition) is 6. The first-order valence-electron chi connectivity index (χ1n) is 10.9. The van der Waals surface area contributed by atoms with E-state index in [1.807, 2.05) is 48.2 Å². The van der Waals surface area contributed by atoms with Crippen LogP contribution in [0.25, 0.3) is 16.9 Å². The average Bonchev–Trinajstić information content (AvgIpc) is 3.29. The van der Waals surface area contributed by atoms with Gasteiger partial charge in [-0.1, -0.05) is 6.07 Å². The lowest BCUT2D eigenvalue weighted by Gasteiger charge is -2.38. The number of piperazine rings is 1. The van der Waals surface area contributed by atoms with Gasteiger partial charge in [0.25, 0.3) is 5.91 Å². The summed E-state index contributed by atoms with van der Waals surface area (Å²) in [6.45, 7) is 3.81. The van der Waals surface area contributed by atoms with E-state index in [1.54, 1.807) is 19.5 Å². The molecule has 1 amide bonds. The molecule has 33 heavy (non-hydrogen) atoms. The Hall–Kier alpha value is -3.78. The summed E-state index contributed by atoms with van der Waals surface area (Å²) in [4.78, 5) is 30.5. The number of ether oxygens (including phenoxy) is 1. The first-order chi connectivity index (χ1) is 16.0. The number of carbonyl (C=O) groups excluding carboxylic acids is 1. The highest BCUT2D eigenvalue weighted by molar-refractivity contribution is 5.92. The van der Waals surface area contributed by atoms with Crippen LogP contribution in [0.1, 0.15) is 27.9 Å². The summed E-state index contributed by atoms with van der Waals surface area (Å²) >= 11 is 0. The van der Waals surface area contributed by atoms with Crippen LogP contribution in [-0.2, 0) is 0 Å². The third kappa shape index (κ3) is 4.05. The normalized spacial score (nSPS) is 16.8. The molecule has 1 unspecified atom stereocenters. The molecule has 4 aromatic rings. The van der Waals surface area contributed by atoms with Crippen LogP contribution in [0.15, 0.2) is 61.1 Å². The maximum absolute atomic E-state index is 13.0. The Labute approximate surface area is 192 Å². The number of likely N-dealkylation sites (N-methyl/N-ethyl adjacent to an activating group) is 1. The summed E-state index contributed by atoms with van der Waals surface area (Å²) in [5.41, 5.74) is 5.11. The van der Waals surface area contributed by atoms with Crippen LogP contribution in [0, 0.1) is 6.92 Å². The second-order valence-corrected chi connectivity index (χ2v) is 8.32. The number of hydrogen-bond donors (Lipinski definition) is 0. The largest absolute Gasteiger partial charge is 0.497 e. The van der Waals surface area contributed by atoms with E-state index in [1.165, 1.54) is 0 Å². The monoisotopic (exact) mass is 442 g/mol. The Balaban J connectivity index is 1.45. The number of amides is 1. The Kier molecular flexibility index (Phi) is 5.51. The second-order valence-electron chi connectivity index (χ2n) is 8.32. The molecule has 1 atom stereocenters. The van der Waals surface area contributed by atoms with E-state index in [0.29, 0.717) is 18.8 Å². The summed E-state index contributed by atoms with van der Waals surface area (Å²) in [5, 5.41) is 0. The van der Waals surface area contributed by atoms with Crippen molar-refractivity contribution in [3.63, 3.8) is 0 Å². The molecule has 0 bridgehead atoms. The number of nitrogens with zero attached hydrogens (tertiary/aromatic N) is 6. The number of benzene rings is 1. The van der Waals surface area contributed by atoms with E-state index < -0.39 is 0 Å². The van der Waals surface area contributed by atoms with Crippen molar-refractivity contribution in [1.29, 1.82) is 0 Å². The van der Waals surface area contributed by atoms with E-state index in [-0.39, 0.29) is 11.9 Å². The van der Waals surface area contributed by atoms with Gasteiger partial charge < -0.3 is 9.64 Å². The molecule has 3 aromatic heterocycles. The van der Waals surface area contributed by atoms with Crippen molar-refractivity contribution in [1.82, 2.24) is 29.2 Å². The Morgan fingerprint density at radius 2 is 1.88 bits per heavy atom. The number of imidazole rings is 1. The van der Waals surface area contributed by atoms with Crippen LogP contribution < -0.4 is 4.74 Å². The van der Waals surface area contributed by atoms with E-state index in [0.717, 1.165) is 40.6 Å². The first kappa shape index (κ1) is 21.1. The quantitative estimate of drug-likeness (QED) is 0.483. The van der Waals surface area contributed by atoms with Crippen molar-refractivity contribution in [2.75, 3.05) is 33.8 Å². The fourth-order valence-corrected chi connectivity index (χ4v) is 4.23. The van der Waals surface area contributed by atoms with Gasteiger partial charge in [-0.3, -0.25) is 19.1 Å². The number of fused-ring (bicyclic) bond motifs is 1. The van der Waals surface area contributed by atoms with Gasteiger partial charge in [-0.2, -0.15) is 0 Å². The molecular weight excluding hydrogens is 416 g/mol. The lowest BCUT2D eigenvalue weighted by molar-refractivity contribution is 0.0535. The second kappa shape index (κ2) is 8.63. The van der Waals surface area contributed by atoms with Crippen molar-refractivity contribution in [2.45, 2.75) is 13.0 Å². The zero-order valence-electron chi connectivity index (χ0n) is 19.0. The van der Waals surface area contributed by atoms with Gasteiger partial charge in [0.1, 0.15) is 17.1 Å². The van der Waals surface area contributed by atoms with E-state index in [9.17, 15) is 4.79 Å². The molecule has 1 saturated heterocycles. The fourth-order valence-electron chi connectivity index (χ4n) is 4.23. The van der Waals surface area contributed by atoms with Crippen molar-refractivity contribution >= 4 is 11.6 Å². The van der Waals surface area contributed by atoms with Crippen molar-refractivity contribution in [3.8, 4) is 17.0 Å². The molecule has 8 heteroatoms. The van der Waals surface area contributed by atoms with Gasteiger partial charge in [-0.05, 0) is 55.9 Å². The van der Waals surface area contributed by atoms with E-state index in [2.05, 4.69) is 38.6 Å². The maximum Gasteiger partial charge on any atom is 0.274 e. The number of methoxy groups -OCH3 is 1. The summed E-state index contributed by atoms with van der Waals surface area (Å²) in [6.07, 6.45) is 5.26. The predicted octanol–water partition coefficient (Wildman–Crippen LogP) is 3.24. The Morgan fingerprint density at radius 1 is 1.06 bits per heavy atom. The minimum absolute atomic E-state index is 0.00951. The van der Waals surface area contributed by atoms with Gasteiger partial charge in [0, 0.05) is 32.0 Å². The molecule has 0 N–H and O–H groups in total. The number of carbonyl (C=O) groups is 1. The van der Waals surface area contributed by atoms with Crippen LogP contribution in [0.5, 0.6) is 5.75 Å². The molecule has 1 fully saturated rings. The summed E-state index contributed by atoms with van der Waals surface area (Å²) < 4.78 is 7.40. The van der Waals surface area contributed by atoms with Crippen LogP contribution in [0.2, 0.25) is 0 Å². The molecule has 8 nitrogen and oxygen atoms in total. The molecule has 0 radical (unpaired) electrons. The number of rotatable bonds is 4. The maximum atomic E-state index is 13.0. The molecule has 1 aromatic carbocycles. The highest BCUT2D eigenvalue weighted by Crippen LogP contribution is 2.28. The lowest BCUT2D eigenvalue weighted by atomic mass is 10.1. The zero-order valence-corrected chi connectivity index (χ0v) is 19.0. The minimum atomic E-state index is -0.0942. The van der Waals surface area contributed by atoms with Crippen LogP contribution in [0.4, 0.5) is 0 Å². The van der Waals surface area contributed by atoms with Gasteiger partial charge in [0.05, 0.1) is 36.4 Å². The molecule has 0 aliphatic carbocycles. The molecule has 168 valence electrons. The zero-order chi connectivity index (χ0) is 22.9. The molecule has 0 spiro atoms. The van der Waals surface area contributed by atoms with Gasteiger partial charge in [0.15, 0.2) is 0 Å². The van der Waals surface area contributed by atoms with Crippen LogP contribution in [-0.4, -0.2) is 68.9 Å². The summed E-state index contributed by atoms with van der Waals surface area (Å²) in [5.74, 6) is 0.729. The van der Waals surface area contributed by atoms with Gasteiger partial charge >= 0.3 is 0 Å². The Bertz CT molecular complexity index is 1280. The van der Waals surface area contributed by atoms with Crippen molar-refractivity contribution in [3.05, 3.63) is 78.1 Å². The number of aromatic nitrogens is 4. The smallest absolute Gasteiger partial charge is 0.274 e.